The third-order valence-corrected chi connectivity index (χ3v) is 4.16. The molecule has 1 heterocycles. The Morgan fingerprint density at radius 1 is 1.43 bits per heavy atom. The molecule has 126 valence electrons. The lowest BCUT2D eigenvalue weighted by Crippen LogP contribution is -2.47. The van der Waals surface area contributed by atoms with Crippen LogP contribution >= 0.6 is 0 Å². The number of halogens is 2. The first-order valence-electron chi connectivity index (χ1n) is 7.72. The van der Waals surface area contributed by atoms with E-state index in [0.29, 0.717) is 25.8 Å². The molecule has 0 radical (unpaired) electrons. The normalized spacial score (nSPS) is 19.3. The van der Waals surface area contributed by atoms with Gasteiger partial charge in [-0.1, -0.05) is 6.92 Å². The first-order valence-corrected chi connectivity index (χ1v) is 7.72. The minimum absolute atomic E-state index is 0.128. The average Bonchev–Trinajstić information content (AvgIpc) is 2.55. The van der Waals surface area contributed by atoms with Crippen molar-refractivity contribution in [2.45, 2.75) is 32.2 Å². The van der Waals surface area contributed by atoms with Gasteiger partial charge in [0.2, 0.25) is 5.91 Å². The number of nitrogens with zero attached hydrogens (tertiary/aromatic N) is 1. The number of piperidine rings is 1. The summed E-state index contributed by atoms with van der Waals surface area (Å²) in [7, 11) is 0. The number of primary amides is 1. The van der Waals surface area contributed by atoms with Crippen LogP contribution in [0.3, 0.4) is 0 Å². The third kappa shape index (κ3) is 4.18. The number of hydrogen-bond donors (Lipinski definition) is 2. The number of amides is 3. The van der Waals surface area contributed by atoms with E-state index in [-0.39, 0.29) is 23.9 Å². The standard InChI is InChI=1S/C16H21F2N3O2/c1-2-14(12-8-11(17)5-6-13(12)18)20-15(22)10-4-3-7-21(9-10)16(19)23/h5-6,8,10,14H,2-4,7,9H2,1H3,(H2,19,23)(H,20,22)/t10-,14-/m1/s1. The van der Waals surface area contributed by atoms with Crippen LogP contribution in [0.2, 0.25) is 0 Å². The quantitative estimate of drug-likeness (QED) is 0.891. The van der Waals surface area contributed by atoms with Crippen LogP contribution < -0.4 is 11.1 Å². The van der Waals surface area contributed by atoms with Crippen molar-refractivity contribution < 1.29 is 18.4 Å². The first-order chi connectivity index (χ1) is 10.9. The summed E-state index contributed by atoms with van der Waals surface area (Å²) in [5.74, 6) is -1.76. The second kappa shape index (κ2) is 7.39. The number of urea groups is 1. The first kappa shape index (κ1) is 17.2. The van der Waals surface area contributed by atoms with E-state index in [1.165, 1.54) is 4.90 Å². The smallest absolute Gasteiger partial charge is 0.314 e. The molecule has 2 atom stereocenters. The fourth-order valence-electron chi connectivity index (χ4n) is 2.86. The van der Waals surface area contributed by atoms with Crippen molar-refractivity contribution in [1.82, 2.24) is 10.2 Å². The summed E-state index contributed by atoms with van der Waals surface area (Å²) in [5, 5.41) is 2.76. The van der Waals surface area contributed by atoms with Gasteiger partial charge in [0, 0.05) is 18.7 Å². The molecule has 23 heavy (non-hydrogen) atoms. The molecule has 1 aromatic carbocycles. The summed E-state index contributed by atoms with van der Waals surface area (Å²) < 4.78 is 27.2. The van der Waals surface area contributed by atoms with Gasteiger partial charge in [-0.2, -0.15) is 0 Å². The molecule has 0 saturated carbocycles. The van der Waals surface area contributed by atoms with Crippen LogP contribution in [0.1, 0.15) is 37.8 Å². The highest BCUT2D eigenvalue weighted by Crippen LogP contribution is 2.23. The molecule has 7 heteroatoms. The highest BCUT2D eigenvalue weighted by molar-refractivity contribution is 5.80. The number of nitrogens with two attached hydrogens (primary N) is 1. The van der Waals surface area contributed by atoms with E-state index in [1.807, 2.05) is 0 Å². The molecular formula is C16H21F2N3O2. The van der Waals surface area contributed by atoms with Gasteiger partial charge in [-0.15, -0.1) is 0 Å². The van der Waals surface area contributed by atoms with Gasteiger partial charge in [0.25, 0.3) is 0 Å². The van der Waals surface area contributed by atoms with Crippen LogP contribution in [0.4, 0.5) is 13.6 Å². The van der Waals surface area contributed by atoms with E-state index in [9.17, 15) is 18.4 Å². The fourth-order valence-corrected chi connectivity index (χ4v) is 2.86. The topological polar surface area (TPSA) is 75.4 Å². The lowest BCUT2D eigenvalue weighted by atomic mass is 9.96. The second-order valence-electron chi connectivity index (χ2n) is 5.76. The van der Waals surface area contributed by atoms with Gasteiger partial charge in [0.1, 0.15) is 11.6 Å². The Balaban J connectivity index is 2.07. The number of hydrogen-bond acceptors (Lipinski definition) is 2. The molecule has 1 aliphatic rings. The van der Waals surface area contributed by atoms with Crippen molar-refractivity contribution in [3.8, 4) is 0 Å². The zero-order chi connectivity index (χ0) is 17.0. The van der Waals surface area contributed by atoms with Crippen LogP contribution in [0.5, 0.6) is 0 Å². The molecular weight excluding hydrogens is 304 g/mol. The van der Waals surface area contributed by atoms with Gasteiger partial charge in [-0.05, 0) is 37.5 Å². The van der Waals surface area contributed by atoms with E-state index < -0.39 is 23.7 Å². The lowest BCUT2D eigenvalue weighted by Gasteiger charge is -2.31. The summed E-state index contributed by atoms with van der Waals surface area (Å²) in [6.07, 6.45) is 1.75. The van der Waals surface area contributed by atoms with E-state index in [1.54, 1.807) is 6.92 Å². The largest absolute Gasteiger partial charge is 0.351 e. The van der Waals surface area contributed by atoms with Crippen LogP contribution in [-0.2, 0) is 4.79 Å². The highest BCUT2D eigenvalue weighted by Gasteiger charge is 2.29. The average molecular weight is 325 g/mol. The molecule has 1 aromatic rings. The highest BCUT2D eigenvalue weighted by atomic mass is 19.1. The van der Waals surface area contributed by atoms with Crippen molar-refractivity contribution in [2.75, 3.05) is 13.1 Å². The van der Waals surface area contributed by atoms with E-state index >= 15 is 0 Å². The van der Waals surface area contributed by atoms with Crippen molar-refractivity contribution in [3.05, 3.63) is 35.4 Å². The molecule has 1 saturated heterocycles. The Hall–Kier alpha value is -2.18. The number of carbonyl (C=O) groups excluding carboxylic acids is 2. The summed E-state index contributed by atoms with van der Waals surface area (Å²) in [4.78, 5) is 25.1. The lowest BCUT2D eigenvalue weighted by molar-refractivity contribution is -0.127. The molecule has 0 bridgehead atoms. The third-order valence-electron chi connectivity index (χ3n) is 4.16. The number of likely N-dealkylation sites (tertiary alicyclic amines) is 1. The van der Waals surface area contributed by atoms with Gasteiger partial charge in [-0.25, -0.2) is 13.6 Å². The predicted molar refractivity (Wildman–Crippen MR) is 81.4 cm³/mol. The van der Waals surface area contributed by atoms with Crippen molar-refractivity contribution in [2.24, 2.45) is 11.7 Å². The maximum atomic E-state index is 13.9. The monoisotopic (exact) mass is 325 g/mol. The molecule has 0 unspecified atom stereocenters. The number of nitrogens with one attached hydrogen (secondary N) is 1. The second-order valence-corrected chi connectivity index (χ2v) is 5.76. The molecule has 3 amide bonds. The van der Waals surface area contributed by atoms with Crippen LogP contribution in [0.15, 0.2) is 18.2 Å². The zero-order valence-corrected chi connectivity index (χ0v) is 13.0. The Labute approximate surface area is 133 Å². The molecule has 0 aliphatic carbocycles. The maximum Gasteiger partial charge on any atom is 0.314 e. The van der Waals surface area contributed by atoms with Crippen LogP contribution in [0, 0.1) is 17.6 Å². The fraction of sp³-hybridized carbons (Fsp3) is 0.500. The van der Waals surface area contributed by atoms with Gasteiger partial charge < -0.3 is 16.0 Å². The van der Waals surface area contributed by atoms with Gasteiger partial charge in [-0.3, -0.25) is 4.79 Å². The minimum Gasteiger partial charge on any atom is -0.351 e. The van der Waals surface area contributed by atoms with Gasteiger partial charge in [0.15, 0.2) is 0 Å². The SMILES string of the molecule is CC[C@@H](NC(=O)[C@@H]1CCCN(C(N)=O)C1)c1cc(F)ccc1F. The zero-order valence-electron chi connectivity index (χ0n) is 13.0. The number of carbonyl (C=O) groups is 2. The molecule has 5 nitrogen and oxygen atoms in total. The molecule has 1 aliphatic heterocycles. The summed E-state index contributed by atoms with van der Waals surface area (Å²) in [6, 6.07) is 2.03. The van der Waals surface area contributed by atoms with E-state index in [0.717, 1.165) is 18.2 Å². The Morgan fingerprint density at radius 3 is 2.83 bits per heavy atom. The van der Waals surface area contributed by atoms with E-state index in [4.69, 9.17) is 5.73 Å². The molecule has 3 N–H and O–H groups in total. The van der Waals surface area contributed by atoms with Crippen molar-refractivity contribution in [3.63, 3.8) is 0 Å². The molecule has 0 aromatic heterocycles. The number of benzene rings is 1. The predicted octanol–water partition coefficient (Wildman–Crippen LogP) is 2.32. The maximum absolute atomic E-state index is 13.9. The van der Waals surface area contributed by atoms with Crippen molar-refractivity contribution >= 4 is 11.9 Å². The Bertz CT molecular complexity index is 595. The van der Waals surface area contributed by atoms with Crippen LogP contribution in [-0.4, -0.2) is 29.9 Å². The Kier molecular flexibility index (Phi) is 5.52. The molecule has 2 rings (SSSR count). The summed E-state index contributed by atoms with van der Waals surface area (Å²) in [5.41, 5.74) is 5.38. The Morgan fingerprint density at radius 2 is 2.17 bits per heavy atom. The summed E-state index contributed by atoms with van der Waals surface area (Å²) in [6.45, 7) is 2.57. The van der Waals surface area contributed by atoms with Gasteiger partial charge >= 0.3 is 6.03 Å². The summed E-state index contributed by atoms with van der Waals surface area (Å²) >= 11 is 0. The van der Waals surface area contributed by atoms with E-state index in [2.05, 4.69) is 5.32 Å². The van der Waals surface area contributed by atoms with Crippen molar-refractivity contribution in [1.29, 1.82) is 0 Å². The minimum atomic E-state index is -0.609. The van der Waals surface area contributed by atoms with Gasteiger partial charge in [0.05, 0.1) is 12.0 Å². The van der Waals surface area contributed by atoms with Crippen LogP contribution in [0.25, 0.3) is 0 Å². The molecule has 1 fully saturated rings. The number of rotatable bonds is 4. The molecule has 0 spiro atoms.